The summed E-state index contributed by atoms with van der Waals surface area (Å²) in [5.41, 5.74) is 0. The molecule has 0 saturated carbocycles. The van der Waals surface area contributed by atoms with Gasteiger partial charge in [0.1, 0.15) is 12.7 Å². The molecule has 0 aromatic carbocycles. The number of carbonyl (C=O) groups excluding carboxylic acids is 1. The van der Waals surface area contributed by atoms with Gasteiger partial charge in [-0.3, -0.25) is 0 Å². The second-order valence-electron chi connectivity index (χ2n) is 4.54. The predicted octanol–water partition coefficient (Wildman–Crippen LogP) is 3.24. The monoisotopic (exact) mass is 240 g/mol. The Morgan fingerprint density at radius 1 is 1.29 bits per heavy atom. The van der Waals surface area contributed by atoms with Crippen molar-refractivity contribution in [1.29, 1.82) is 0 Å². The minimum atomic E-state index is -0.244. The van der Waals surface area contributed by atoms with E-state index in [-0.39, 0.29) is 12.1 Å². The lowest BCUT2D eigenvalue weighted by Crippen LogP contribution is -2.06. The molecule has 1 saturated heterocycles. The fraction of sp³-hybridized carbons (Fsp3) is 0.786. The molecule has 0 bridgehead atoms. The number of allylic oxidation sites excluding steroid dienone is 1. The Morgan fingerprint density at radius 3 is 2.71 bits per heavy atom. The van der Waals surface area contributed by atoms with Gasteiger partial charge in [0.15, 0.2) is 0 Å². The van der Waals surface area contributed by atoms with Crippen molar-refractivity contribution in [2.24, 2.45) is 0 Å². The Hall–Kier alpha value is -0.830. The van der Waals surface area contributed by atoms with Crippen molar-refractivity contribution in [3.63, 3.8) is 0 Å². The van der Waals surface area contributed by atoms with E-state index < -0.39 is 0 Å². The summed E-state index contributed by atoms with van der Waals surface area (Å²) in [6.07, 6.45) is 12.3. The van der Waals surface area contributed by atoms with Gasteiger partial charge in [-0.05, 0) is 12.8 Å². The van der Waals surface area contributed by atoms with E-state index in [1.54, 1.807) is 0 Å². The van der Waals surface area contributed by atoms with E-state index >= 15 is 0 Å². The van der Waals surface area contributed by atoms with Crippen LogP contribution in [-0.4, -0.2) is 25.3 Å². The van der Waals surface area contributed by atoms with Gasteiger partial charge in [0.2, 0.25) is 0 Å². The minimum absolute atomic E-state index is 0.158. The number of epoxide rings is 1. The maximum Gasteiger partial charge on any atom is 0.330 e. The molecule has 0 amide bonds. The number of ether oxygens (including phenoxy) is 2. The lowest BCUT2D eigenvalue weighted by Gasteiger charge is -1.98. The van der Waals surface area contributed by atoms with Crippen molar-refractivity contribution in [2.75, 3.05) is 13.2 Å². The van der Waals surface area contributed by atoms with Crippen LogP contribution >= 0.6 is 0 Å². The molecule has 1 aliphatic rings. The van der Waals surface area contributed by atoms with Crippen LogP contribution in [0, 0.1) is 0 Å². The second-order valence-corrected chi connectivity index (χ2v) is 4.54. The summed E-state index contributed by atoms with van der Waals surface area (Å²) in [4.78, 5) is 11.2. The third kappa shape index (κ3) is 8.93. The standard InChI is InChI=1S/C14H24O3/c1-2-3-4-5-6-7-8-9-10-14(15)17-12-13-11-16-13/h9-10,13H,2-8,11-12H2,1H3. The summed E-state index contributed by atoms with van der Waals surface area (Å²) in [6.45, 7) is 3.36. The molecule has 1 atom stereocenters. The SMILES string of the molecule is CCCCCCCCC=CC(=O)OCC1CO1. The second kappa shape index (κ2) is 9.23. The van der Waals surface area contributed by atoms with E-state index in [0.29, 0.717) is 6.61 Å². The maximum absolute atomic E-state index is 11.2. The van der Waals surface area contributed by atoms with Gasteiger partial charge in [-0.25, -0.2) is 4.79 Å². The summed E-state index contributed by atoms with van der Waals surface area (Å²) in [6, 6.07) is 0. The molecular formula is C14H24O3. The topological polar surface area (TPSA) is 38.8 Å². The van der Waals surface area contributed by atoms with Gasteiger partial charge in [0, 0.05) is 6.08 Å². The Balaban J connectivity index is 1.84. The number of hydrogen-bond acceptors (Lipinski definition) is 3. The molecule has 3 heteroatoms. The van der Waals surface area contributed by atoms with Crippen molar-refractivity contribution in [3.05, 3.63) is 12.2 Å². The molecule has 1 unspecified atom stereocenters. The van der Waals surface area contributed by atoms with Crippen LogP contribution in [0.15, 0.2) is 12.2 Å². The number of rotatable bonds is 10. The number of hydrogen-bond donors (Lipinski definition) is 0. The van der Waals surface area contributed by atoms with Crippen LogP contribution < -0.4 is 0 Å². The molecule has 0 aliphatic carbocycles. The lowest BCUT2D eigenvalue weighted by atomic mass is 10.1. The first kappa shape index (κ1) is 14.2. The molecule has 0 aromatic heterocycles. The maximum atomic E-state index is 11.2. The summed E-state index contributed by atoms with van der Waals surface area (Å²) >= 11 is 0. The molecular weight excluding hydrogens is 216 g/mol. The zero-order valence-electron chi connectivity index (χ0n) is 10.8. The van der Waals surface area contributed by atoms with E-state index in [9.17, 15) is 4.79 Å². The summed E-state index contributed by atoms with van der Waals surface area (Å²) in [7, 11) is 0. The first-order valence-corrected chi connectivity index (χ1v) is 6.78. The Bertz CT molecular complexity index is 232. The summed E-state index contributed by atoms with van der Waals surface area (Å²) < 4.78 is 9.92. The first-order chi connectivity index (χ1) is 8.33. The number of esters is 1. The number of carbonyl (C=O) groups is 1. The summed E-state index contributed by atoms with van der Waals surface area (Å²) in [5.74, 6) is -0.244. The predicted molar refractivity (Wildman–Crippen MR) is 67.8 cm³/mol. The van der Waals surface area contributed by atoms with Gasteiger partial charge in [-0.1, -0.05) is 45.1 Å². The molecule has 1 heterocycles. The summed E-state index contributed by atoms with van der Waals surface area (Å²) in [5, 5.41) is 0. The van der Waals surface area contributed by atoms with E-state index in [1.165, 1.54) is 44.6 Å². The first-order valence-electron chi connectivity index (χ1n) is 6.78. The Kier molecular flexibility index (Phi) is 7.72. The molecule has 0 radical (unpaired) electrons. The van der Waals surface area contributed by atoms with Crippen LogP contribution in [0.25, 0.3) is 0 Å². The molecule has 0 spiro atoms. The number of unbranched alkanes of at least 4 members (excludes halogenated alkanes) is 6. The zero-order valence-corrected chi connectivity index (χ0v) is 10.8. The van der Waals surface area contributed by atoms with Gasteiger partial charge in [-0.2, -0.15) is 0 Å². The van der Waals surface area contributed by atoms with E-state index in [1.807, 2.05) is 6.08 Å². The average Bonchev–Trinajstić information content (AvgIpc) is 3.14. The van der Waals surface area contributed by atoms with Gasteiger partial charge in [0.25, 0.3) is 0 Å². The lowest BCUT2D eigenvalue weighted by molar-refractivity contribution is -0.138. The van der Waals surface area contributed by atoms with Gasteiger partial charge in [-0.15, -0.1) is 0 Å². The van der Waals surface area contributed by atoms with Crippen LogP contribution in [0.5, 0.6) is 0 Å². The Labute approximate surface area is 104 Å². The minimum Gasteiger partial charge on any atom is -0.460 e. The largest absolute Gasteiger partial charge is 0.460 e. The highest BCUT2D eigenvalue weighted by Crippen LogP contribution is 2.09. The molecule has 0 N–H and O–H groups in total. The zero-order chi connectivity index (χ0) is 12.3. The molecule has 1 rings (SSSR count). The quantitative estimate of drug-likeness (QED) is 0.255. The molecule has 3 nitrogen and oxygen atoms in total. The molecule has 1 fully saturated rings. The molecule has 1 aliphatic heterocycles. The van der Waals surface area contributed by atoms with Crippen LogP contribution in [0.1, 0.15) is 51.9 Å². The molecule has 17 heavy (non-hydrogen) atoms. The van der Waals surface area contributed by atoms with Gasteiger partial charge < -0.3 is 9.47 Å². The van der Waals surface area contributed by atoms with Crippen molar-refractivity contribution in [2.45, 2.75) is 58.0 Å². The van der Waals surface area contributed by atoms with Gasteiger partial charge in [0.05, 0.1) is 6.61 Å². The third-order valence-electron chi connectivity index (χ3n) is 2.79. The van der Waals surface area contributed by atoms with Gasteiger partial charge >= 0.3 is 5.97 Å². The van der Waals surface area contributed by atoms with Crippen LogP contribution in [0.3, 0.4) is 0 Å². The highest BCUT2D eigenvalue weighted by atomic mass is 16.6. The van der Waals surface area contributed by atoms with Crippen molar-refractivity contribution in [3.8, 4) is 0 Å². The van der Waals surface area contributed by atoms with Crippen LogP contribution in [0.2, 0.25) is 0 Å². The highest BCUT2D eigenvalue weighted by Gasteiger charge is 2.23. The highest BCUT2D eigenvalue weighted by molar-refractivity contribution is 5.81. The Morgan fingerprint density at radius 2 is 2.00 bits per heavy atom. The van der Waals surface area contributed by atoms with Crippen molar-refractivity contribution in [1.82, 2.24) is 0 Å². The van der Waals surface area contributed by atoms with E-state index in [4.69, 9.17) is 9.47 Å². The smallest absolute Gasteiger partial charge is 0.330 e. The molecule has 0 aromatic rings. The van der Waals surface area contributed by atoms with Crippen LogP contribution in [0.4, 0.5) is 0 Å². The third-order valence-corrected chi connectivity index (χ3v) is 2.79. The average molecular weight is 240 g/mol. The fourth-order valence-electron chi connectivity index (χ4n) is 1.61. The fourth-order valence-corrected chi connectivity index (χ4v) is 1.61. The van der Waals surface area contributed by atoms with E-state index in [0.717, 1.165) is 13.0 Å². The normalized spacial score (nSPS) is 18.5. The van der Waals surface area contributed by atoms with Crippen molar-refractivity contribution >= 4 is 5.97 Å². The molecule has 98 valence electrons. The van der Waals surface area contributed by atoms with Crippen molar-refractivity contribution < 1.29 is 14.3 Å². The van der Waals surface area contributed by atoms with E-state index in [2.05, 4.69) is 6.92 Å². The van der Waals surface area contributed by atoms with Crippen LogP contribution in [-0.2, 0) is 14.3 Å².